The van der Waals surface area contributed by atoms with Crippen LogP contribution in [0.1, 0.15) is 32.1 Å². The molecule has 0 radical (unpaired) electrons. The van der Waals surface area contributed by atoms with Crippen LogP contribution in [0, 0.1) is 5.92 Å². The molecule has 2 N–H and O–H groups in total. The quantitative estimate of drug-likeness (QED) is 0.672. The predicted molar refractivity (Wildman–Crippen MR) is 54.1 cm³/mol. The molecule has 1 atom stereocenters. The Labute approximate surface area is 84.2 Å². The molecule has 1 aliphatic carbocycles. The Balaban J connectivity index is 1.88. The van der Waals surface area contributed by atoms with Crippen molar-refractivity contribution in [3.63, 3.8) is 0 Å². The molecule has 0 bridgehead atoms. The van der Waals surface area contributed by atoms with E-state index >= 15 is 0 Å². The molecule has 1 heterocycles. The van der Waals surface area contributed by atoms with Gasteiger partial charge in [0, 0.05) is 0 Å². The first-order valence-electron chi connectivity index (χ1n) is 5.40. The highest BCUT2D eigenvalue weighted by Crippen LogP contribution is 2.36. The van der Waals surface area contributed by atoms with Gasteiger partial charge >= 0.3 is 5.97 Å². The number of hydrogen-bond donors (Lipinski definition) is 2. The zero-order valence-electron chi connectivity index (χ0n) is 8.33. The molecular formula is C11H17NO2. The van der Waals surface area contributed by atoms with Gasteiger partial charge in [-0.25, -0.2) is 0 Å². The summed E-state index contributed by atoms with van der Waals surface area (Å²) < 4.78 is 0. The lowest BCUT2D eigenvalue weighted by Gasteiger charge is -2.08. The third kappa shape index (κ3) is 2.58. The van der Waals surface area contributed by atoms with Gasteiger partial charge in [-0.1, -0.05) is 11.6 Å². The van der Waals surface area contributed by atoms with Gasteiger partial charge in [-0.15, -0.1) is 0 Å². The van der Waals surface area contributed by atoms with Crippen LogP contribution in [0.5, 0.6) is 0 Å². The standard InChI is InChI=1S/C11H17NO2/c13-11(14)10-4-3-9(5-6-12-10)7-8-1-2-8/h3,8,10,12H,1-2,4-7H2,(H,13,14). The Morgan fingerprint density at radius 1 is 1.57 bits per heavy atom. The first-order valence-corrected chi connectivity index (χ1v) is 5.40. The topological polar surface area (TPSA) is 49.3 Å². The van der Waals surface area contributed by atoms with Crippen molar-refractivity contribution in [1.29, 1.82) is 0 Å². The molecule has 0 aromatic heterocycles. The van der Waals surface area contributed by atoms with Crippen LogP contribution in [-0.4, -0.2) is 23.7 Å². The van der Waals surface area contributed by atoms with Crippen molar-refractivity contribution >= 4 is 5.97 Å². The fourth-order valence-corrected chi connectivity index (χ4v) is 1.94. The number of aliphatic carboxylic acids is 1. The summed E-state index contributed by atoms with van der Waals surface area (Å²) in [6.07, 6.45) is 7.75. The molecule has 1 saturated carbocycles. The van der Waals surface area contributed by atoms with Gasteiger partial charge in [-0.2, -0.15) is 0 Å². The van der Waals surface area contributed by atoms with Crippen molar-refractivity contribution in [2.75, 3.05) is 6.54 Å². The monoisotopic (exact) mass is 195 g/mol. The lowest BCUT2D eigenvalue weighted by Crippen LogP contribution is -2.35. The minimum atomic E-state index is -0.728. The van der Waals surface area contributed by atoms with Crippen molar-refractivity contribution < 1.29 is 9.90 Å². The Hall–Kier alpha value is -0.830. The van der Waals surface area contributed by atoms with Crippen LogP contribution in [0.2, 0.25) is 0 Å². The molecule has 2 rings (SSSR count). The summed E-state index contributed by atoms with van der Waals surface area (Å²) in [6, 6.07) is -0.369. The number of carboxylic acids is 1. The third-order valence-electron chi connectivity index (χ3n) is 3.02. The van der Waals surface area contributed by atoms with Crippen molar-refractivity contribution in [1.82, 2.24) is 5.32 Å². The van der Waals surface area contributed by atoms with E-state index in [0.717, 1.165) is 18.9 Å². The third-order valence-corrected chi connectivity index (χ3v) is 3.02. The lowest BCUT2D eigenvalue weighted by molar-refractivity contribution is -0.139. The molecule has 0 amide bonds. The molecule has 78 valence electrons. The van der Waals surface area contributed by atoms with Crippen LogP contribution in [0.15, 0.2) is 11.6 Å². The molecule has 2 aliphatic rings. The highest BCUT2D eigenvalue weighted by atomic mass is 16.4. The van der Waals surface area contributed by atoms with Crippen molar-refractivity contribution in [2.45, 2.75) is 38.1 Å². The molecule has 3 nitrogen and oxygen atoms in total. The minimum Gasteiger partial charge on any atom is -0.480 e. The number of carbonyl (C=O) groups is 1. The van der Waals surface area contributed by atoms with Crippen molar-refractivity contribution in [2.24, 2.45) is 5.92 Å². The summed E-state index contributed by atoms with van der Waals surface area (Å²) in [4.78, 5) is 10.8. The fraction of sp³-hybridized carbons (Fsp3) is 0.727. The van der Waals surface area contributed by atoms with Gasteiger partial charge in [0.25, 0.3) is 0 Å². The smallest absolute Gasteiger partial charge is 0.321 e. The largest absolute Gasteiger partial charge is 0.480 e. The first kappa shape index (κ1) is 9.71. The van der Waals surface area contributed by atoms with E-state index in [0.29, 0.717) is 6.42 Å². The van der Waals surface area contributed by atoms with Gasteiger partial charge in [0.15, 0.2) is 0 Å². The maximum atomic E-state index is 10.8. The Kier molecular flexibility index (Phi) is 2.87. The van der Waals surface area contributed by atoms with Gasteiger partial charge in [0.1, 0.15) is 6.04 Å². The van der Waals surface area contributed by atoms with Crippen LogP contribution >= 0.6 is 0 Å². The molecule has 0 aromatic rings. The molecule has 0 spiro atoms. The molecule has 3 heteroatoms. The van der Waals surface area contributed by atoms with E-state index in [1.54, 1.807) is 0 Å². The zero-order valence-corrected chi connectivity index (χ0v) is 8.33. The van der Waals surface area contributed by atoms with E-state index < -0.39 is 5.97 Å². The fourth-order valence-electron chi connectivity index (χ4n) is 1.94. The van der Waals surface area contributed by atoms with E-state index in [-0.39, 0.29) is 6.04 Å². The summed E-state index contributed by atoms with van der Waals surface area (Å²) in [7, 11) is 0. The zero-order chi connectivity index (χ0) is 9.97. The second-order valence-electron chi connectivity index (χ2n) is 4.34. The summed E-state index contributed by atoms with van der Waals surface area (Å²) >= 11 is 0. The summed E-state index contributed by atoms with van der Waals surface area (Å²) in [6.45, 7) is 0.815. The van der Waals surface area contributed by atoms with Crippen molar-refractivity contribution in [3.05, 3.63) is 11.6 Å². The van der Waals surface area contributed by atoms with Crippen LogP contribution in [0.3, 0.4) is 0 Å². The molecule has 14 heavy (non-hydrogen) atoms. The Morgan fingerprint density at radius 3 is 3.00 bits per heavy atom. The van der Waals surface area contributed by atoms with Crippen LogP contribution in [-0.2, 0) is 4.79 Å². The predicted octanol–water partition coefficient (Wildman–Crippen LogP) is 1.55. The van der Waals surface area contributed by atoms with Gasteiger partial charge < -0.3 is 10.4 Å². The highest BCUT2D eigenvalue weighted by Gasteiger charge is 2.24. The van der Waals surface area contributed by atoms with E-state index in [4.69, 9.17) is 5.11 Å². The van der Waals surface area contributed by atoms with E-state index in [2.05, 4.69) is 11.4 Å². The number of nitrogens with one attached hydrogen (secondary N) is 1. The van der Waals surface area contributed by atoms with Crippen LogP contribution in [0.25, 0.3) is 0 Å². The van der Waals surface area contributed by atoms with Crippen LogP contribution in [0.4, 0.5) is 0 Å². The normalized spacial score (nSPS) is 28.0. The van der Waals surface area contributed by atoms with E-state index in [1.165, 1.54) is 24.8 Å². The SMILES string of the molecule is O=C(O)C1CC=C(CC2CC2)CCN1. The second-order valence-corrected chi connectivity index (χ2v) is 4.34. The van der Waals surface area contributed by atoms with Gasteiger partial charge in [-0.3, -0.25) is 4.79 Å². The van der Waals surface area contributed by atoms with Gasteiger partial charge in [0.05, 0.1) is 0 Å². The Bertz CT molecular complexity index is 256. The molecule has 1 fully saturated rings. The van der Waals surface area contributed by atoms with Gasteiger partial charge in [0.2, 0.25) is 0 Å². The average Bonchev–Trinajstić information content (AvgIpc) is 2.92. The summed E-state index contributed by atoms with van der Waals surface area (Å²) in [5.74, 6) is 0.177. The Morgan fingerprint density at radius 2 is 2.36 bits per heavy atom. The minimum absolute atomic E-state index is 0.369. The van der Waals surface area contributed by atoms with E-state index in [9.17, 15) is 4.79 Å². The molecule has 0 aromatic carbocycles. The summed E-state index contributed by atoms with van der Waals surface area (Å²) in [5.41, 5.74) is 1.46. The first-order chi connectivity index (χ1) is 6.75. The van der Waals surface area contributed by atoms with Gasteiger partial charge in [-0.05, 0) is 44.6 Å². The molecule has 1 unspecified atom stereocenters. The molecule has 1 aliphatic heterocycles. The molecule has 0 saturated heterocycles. The summed E-state index contributed by atoms with van der Waals surface area (Å²) in [5, 5.41) is 11.9. The molecular weight excluding hydrogens is 178 g/mol. The number of carboxylic acid groups (broad SMARTS) is 1. The second kappa shape index (κ2) is 4.13. The van der Waals surface area contributed by atoms with E-state index in [1.807, 2.05) is 0 Å². The number of rotatable bonds is 3. The van der Waals surface area contributed by atoms with Crippen molar-refractivity contribution in [3.8, 4) is 0 Å². The maximum Gasteiger partial charge on any atom is 0.321 e. The lowest BCUT2D eigenvalue weighted by atomic mass is 10.0. The maximum absolute atomic E-state index is 10.8. The van der Waals surface area contributed by atoms with Crippen LogP contribution < -0.4 is 5.32 Å². The average molecular weight is 195 g/mol. The number of hydrogen-bond acceptors (Lipinski definition) is 2. The highest BCUT2D eigenvalue weighted by molar-refractivity contribution is 5.73.